The van der Waals surface area contributed by atoms with E-state index in [9.17, 15) is 0 Å². The van der Waals surface area contributed by atoms with Crippen molar-refractivity contribution in [2.24, 2.45) is 0 Å². The highest BCUT2D eigenvalue weighted by Gasteiger charge is 2.20. The van der Waals surface area contributed by atoms with Crippen molar-refractivity contribution in [1.82, 2.24) is 5.32 Å². The number of fused-ring (bicyclic) bond motifs is 1. The van der Waals surface area contributed by atoms with Gasteiger partial charge in [0.25, 0.3) is 0 Å². The molecule has 3 rings (SSSR count). The largest absolute Gasteiger partial charge is 0.492 e. The average Bonchev–Trinajstić information content (AvgIpc) is 2.61. The van der Waals surface area contributed by atoms with Gasteiger partial charge in [-0.25, -0.2) is 0 Å². The van der Waals surface area contributed by atoms with Crippen molar-refractivity contribution in [1.29, 1.82) is 0 Å². The summed E-state index contributed by atoms with van der Waals surface area (Å²) in [6, 6.07) is 16.8. The lowest BCUT2D eigenvalue weighted by Gasteiger charge is -2.18. The van der Waals surface area contributed by atoms with Crippen LogP contribution in [0.3, 0.4) is 0 Å². The first-order valence-corrected chi connectivity index (χ1v) is 6.84. The van der Waals surface area contributed by atoms with E-state index in [0.717, 1.165) is 16.8 Å². The number of ether oxygens (including phenoxy) is 1. The fraction of sp³-hybridized carbons (Fsp3) is 0.200. The zero-order chi connectivity index (χ0) is 12.4. The Labute approximate surface area is 115 Å². The van der Waals surface area contributed by atoms with Crippen LogP contribution in [0, 0.1) is 0 Å². The topological polar surface area (TPSA) is 21.3 Å². The van der Waals surface area contributed by atoms with Crippen molar-refractivity contribution in [3.8, 4) is 5.75 Å². The summed E-state index contributed by atoms with van der Waals surface area (Å²) < 4.78 is 6.85. The summed E-state index contributed by atoms with van der Waals surface area (Å²) in [7, 11) is 0. The van der Waals surface area contributed by atoms with Gasteiger partial charge in [-0.05, 0) is 23.8 Å². The molecular weight excluding hydrogens is 290 g/mol. The van der Waals surface area contributed by atoms with Crippen molar-refractivity contribution in [3.05, 3.63) is 64.1 Å². The van der Waals surface area contributed by atoms with Crippen molar-refractivity contribution < 1.29 is 4.74 Å². The van der Waals surface area contributed by atoms with Crippen LogP contribution in [0.4, 0.5) is 0 Å². The lowest BCUT2D eigenvalue weighted by atomic mass is 9.98. The van der Waals surface area contributed by atoms with Gasteiger partial charge in [-0.2, -0.15) is 0 Å². The maximum absolute atomic E-state index is 5.77. The van der Waals surface area contributed by atoms with E-state index in [-0.39, 0.29) is 6.04 Å². The van der Waals surface area contributed by atoms with E-state index in [0.29, 0.717) is 6.61 Å². The highest BCUT2D eigenvalue weighted by atomic mass is 79.9. The van der Waals surface area contributed by atoms with Crippen molar-refractivity contribution >= 4 is 15.9 Å². The van der Waals surface area contributed by atoms with Gasteiger partial charge in [0.1, 0.15) is 12.4 Å². The summed E-state index contributed by atoms with van der Waals surface area (Å²) >= 11 is 3.53. The Kier molecular flexibility index (Phi) is 3.35. The molecule has 0 saturated heterocycles. The third-order valence-electron chi connectivity index (χ3n) is 3.12. The molecule has 2 nitrogen and oxygen atoms in total. The first kappa shape index (κ1) is 11.8. The number of rotatable bonds is 1. The zero-order valence-corrected chi connectivity index (χ0v) is 11.5. The highest BCUT2D eigenvalue weighted by molar-refractivity contribution is 9.10. The molecule has 0 spiro atoms. The van der Waals surface area contributed by atoms with E-state index in [1.54, 1.807) is 0 Å². The first-order chi connectivity index (χ1) is 8.84. The Balaban J connectivity index is 2.08. The molecule has 1 atom stereocenters. The van der Waals surface area contributed by atoms with E-state index in [4.69, 9.17) is 4.74 Å². The Bertz CT molecular complexity index is 541. The summed E-state index contributed by atoms with van der Waals surface area (Å²) in [6.45, 7) is 1.56. The monoisotopic (exact) mass is 303 g/mol. The Hall–Kier alpha value is -1.32. The molecule has 2 aromatic rings. The minimum atomic E-state index is 0.196. The number of hydrogen-bond acceptors (Lipinski definition) is 2. The van der Waals surface area contributed by atoms with Crippen LogP contribution in [0.15, 0.2) is 53.0 Å². The number of halogens is 1. The average molecular weight is 304 g/mol. The van der Waals surface area contributed by atoms with Crippen LogP contribution in [0.1, 0.15) is 17.2 Å². The second kappa shape index (κ2) is 5.12. The van der Waals surface area contributed by atoms with E-state index in [2.05, 4.69) is 51.6 Å². The van der Waals surface area contributed by atoms with E-state index in [1.807, 2.05) is 18.2 Å². The fourth-order valence-corrected chi connectivity index (χ4v) is 2.67. The summed E-state index contributed by atoms with van der Waals surface area (Å²) in [6.07, 6.45) is 0. The van der Waals surface area contributed by atoms with Gasteiger partial charge in [0.2, 0.25) is 0 Å². The minimum Gasteiger partial charge on any atom is -0.492 e. The molecule has 18 heavy (non-hydrogen) atoms. The summed E-state index contributed by atoms with van der Waals surface area (Å²) in [5, 5.41) is 3.54. The quantitative estimate of drug-likeness (QED) is 0.870. The molecule has 2 aromatic carbocycles. The third kappa shape index (κ3) is 2.28. The molecule has 3 heteroatoms. The fourth-order valence-electron chi connectivity index (χ4n) is 2.29. The number of nitrogens with one attached hydrogen (secondary N) is 1. The molecule has 0 bridgehead atoms. The lowest BCUT2D eigenvalue weighted by molar-refractivity contribution is 0.325. The smallest absolute Gasteiger partial charge is 0.124 e. The van der Waals surface area contributed by atoms with Crippen LogP contribution in [0.25, 0.3) is 0 Å². The van der Waals surface area contributed by atoms with Crippen molar-refractivity contribution in [2.75, 3.05) is 13.2 Å². The predicted octanol–water partition coefficient (Wildman–Crippen LogP) is 3.52. The maximum atomic E-state index is 5.77. The molecule has 0 fully saturated rings. The van der Waals surface area contributed by atoms with Gasteiger partial charge in [0.05, 0.1) is 6.04 Å². The lowest BCUT2D eigenvalue weighted by Crippen LogP contribution is -2.23. The molecular formula is C15H14BrNO. The normalized spacial score (nSPS) is 18.6. The Morgan fingerprint density at radius 2 is 1.94 bits per heavy atom. The third-order valence-corrected chi connectivity index (χ3v) is 3.62. The zero-order valence-electron chi connectivity index (χ0n) is 9.90. The predicted molar refractivity (Wildman–Crippen MR) is 75.9 cm³/mol. The van der Waals surface area contributed by atoms with Gasteiger partial charge in [-0.15, -0.1) is 0 Å². The molecule has 1 heterocycles. The second-order valence-electron chi connectivity index (χ2n) is 4.33. The molecule has 92 valence electrons. The molecule has 1 aliphatic heterocycles. The summed E-state index contributed by atoms with van der Waals surface area (Å²) in [4.78, 5) is 0. The minimum absolute atomic E-state index is 0.196. The molecule has 0 radical (unpaired) electrons. The van der Waals surface area contributed by atoms with Gasteiger partial charge in [0, 0.05) is 16.6 Å². The molecule has 0 amide bonds. The van der Waals surface area contributed by atoms with Gasteiger partial charge in [0.15, 0.2) is 0 Å². The van der Waals surface area contributed by atoms with E-state index < -0.39 is 0 Å². The molecule has 0 saturated carbocycles. The Morgan fingerprint density at radius 3 is 2.78 bits per heavy atom. The molecule has 0 aromatic heterocycles. The maximum Gasteiger partial charge on any atom is 0.124 e. The van der Waals surface area contributed by atoms with Crippen LogP contribution in [-0.2, 0) is 0 Å². The SMILES string of the molecule is Brc1ccc2c(c1)C(c1ccccc1)NCCO2. The number of benzene rings is 2. The van der Waals surface area contributed by atoms with Crippen LogP contribution < -0.4 is 10.1 Å². The van der Waals surface area contributed by atoms with Gasteiger partial charge >= 0.3 is 0 Å². The van der Waals surface area contributed by atoms with Crippen LogP contribution in [-0.4, -0.2) is 13.2 Å². The van der Waals surface area contributed by atoms with Crippen molar-refractivity contribution in [2.45, 2.75) is 6.04 Å². The standard InChI is InChI=1S/C15H14BrNO/c16-12-6-7-14-13(10-12)15(17-8-9-18-14)11-4-2-1-3-5-11/h1-7,10,15,17H,8-9H2. The van der Waals surface area contributed by atoms with Gasteiger partial charge in [-0.1, -0.05) is 46.3 Å². The second-order valence-corrected chi connectivity index (χ2v) is 5.24. The van der Waals surface area contributed by atoms with Crippen LogP contribution in [0.2, 0.25) is 0 Å². The molecule has 1 N–H and O–H groups in total. The highest BCUT2D eigenvalue weighted by Crippen LogP contribution is 2.33. The molecule has 0 aliphatic carbocycles. The van der Waals surface area contributed by atoms with Crippen LogP contribution >= 0.6 is 15.9 Å². The summed E-state index contributed by atoms with van der Waals surface area (Å²) in [5.41, 5.74) is 2.45. The van der Waals surface area contributed by atoms with Gasteiger partial charge < -0.3 is 10.1 Å². The van der Waals surface area contributed by atoms with Gasteiger partial charge in [-0.3, -0.25) is 0 Å². The van der Waals surface area contributed by atoms with Crippen LogP contribution in [0.5, 0.6) is 5.75 Å². The first-order valence-electron chi connectivity index (χ1n) is 6.05. The summed E-state index contributed by atoms with van der Waals surface area (Å²) in [5.74, 6) is 0.969. The number of hydrogen-bond donors (Lipinski definition) is 1. The van der Waals surface area contributed by atoms with E-state index >= 15 is 0 Å². The van der Waals surface area contributed by atoms with E-state index in [1.165, 1.54) is 11.1 Å². The molecule has 1 aliphatic rings. The molecule has 1 unspecified atom stereocenters. The Morgan fingerprint density at radius 1 is 1.11 bits per heavy atom. The van der Waals surface area contributed by atoms with Crippen molar-refractivity contribution in [3.63, 3.8) is 0 Å².